The molecule has 1 N–H and O–H groups in total. The van der Waals surface area contributed by atoms with Crippen molar-refractivity contribution >= 4 is 11.8 Å². The Kier molecular flexibility index (Phi) is 5.15. The lowest BCUT2D eigenvalue weighted by Gasteiger charge is -2.09. The molecule has 2 aromatic carbocycles. The fourth-order valence-electron chi connectivity index (χ4n) is 1.87. The first kappa shape index (κ1) is 15.0. The first-order valence-corrected chi connectivity index (χ1v) is 7.35. The van der Waals surface area contributed by atoms with Gasteiger partial charge in [-0.15, -0.1) is 0 Å². The van der Waals surface area contributed by atoms with Crippen molar-refractivity contribution in [3.63, 3.8) is 0 Å². The van der Waals surface area contributed by atoms with E-state index in [0.29, 0.717) is 4.90 Å². The topological polar surface area (TPSA) is 12.0 Å². The summed E-state index contributed by atoms with van der Waals surface area (Å²) >= 11 is 1.44. The second-order valence-electron chi connectivity index (χ2n) is 4.56. The molecule has 2 rings (SSSR count). The number of rotatable bonds is 5. The second kappa shape index (κ2) is 6.86. The summed E-state index contributed by atoms with van der Waals surface area (Å²) in [5.74, 6) is -1.62. The Hall–Kier alpha value is -1.39. The molecular weight excluding hydrogens is 276 g/mol. The van der Waals surface area contributed by atoms with Crippen molar-refractivity contribution < 1.29 is 8.78 Å². The van der Waals surface area contributed by atoms with Crippen molar-refractivity contribution in [2.75, 3.05) is 6.54 Å². The van der Waals surface area contributed by atoms with Gasteiger partial charge in [0.2, 0.25) is 0 Å². The summed E-state index contributed by atoms with van der Waals surface area (Å²) in [5.41, 5.74) is 2.36. The number of nitrogens with one attached hydrogen (secondary N) is 1. The van der Waals surface area contributed by atoms with Crippen LogP contribution in [-0.4, -0.2) is 6.54 Å². The zero-order valence-corrected chi connectivity index (χ0v) is 12.4. The molecule has 2 aromatic rings. The zero-order valence-electron chi connectivity index (χ0n) is 11.5. The predicted molar refractivity (Wildman–Crippen MR) is 79.0 cm³/mol. The van der Waals surface area contributed by atoms with Crippen LogP contribution in [0.4, 0.5) is 8.78 Å². The highest BCUT2D eigenvalue weighted by molar-refractivity contribution is 7.99. The normalized spacial score (nSPS) is 10.8. The molecule has 0 aliphatic rings. The van der Waals surface area contributed by atoms with Gasteiger partial charge in [0.25, 0.3) is 0 Å². The third kappa shape index (κ3) is 3.81. The molecule has 0 amide bonds. The Morgan fingerprint density at radius 2 is 1.85 bits per heavy atom. The molecule has 0 saturated carbocycles. The molecule has 0 bridgehead atoms. The van der Waals surface area contributed by atoms with Crippen LogP contribution in [0, 0.1) is 18.6 Å². The average molecular weight is 293 g/mol. The molecule has 0 aliphatic carbocycles. The van der Waals surface area contributed by atoms with Gasteiger partial charge in [0.1, 0.15) is 0 Å². The van der Waals surface area contributed by atoms with Gasteiger partial charge in [-0.25, -0.2) is 8.78 Å². The maximum absolute atomic E-state index is 13.2. The molecular formula is C16H17F2NS. The smallest absolute Gasteiger partial charge is 0.159 e. The summed E-state index contributed by atoms with van der Waals surface area (Å²) < 4.78 is 26.1. The number of benzene rings is 2. The first-order valence-electron chi connectivity index (χ1n) is 6.53. The van der Waals surface area contributed by atoms with E-state index in [9.17, 15) is 8.78 Å². The summed E-state index contributed by atoms with van der Waals surface area (Å²) in [4.78, 5) is 1.75. The van der Waals surface area contributed by atoms with Crippen LogP contribution >= 0.6 is 11.8 Å². The molecule has 0 atom stereocenters. The average Bonchev–Trinajstić information content (AvgIpc) is 2.43. The van der Waals surface area contributed by atoms with Crippen LogP contribution in [0.2, 0.25) is 0 Å². The van der Waals surface area contributed by atoms with Crippen LogP contribution in [0.1, 0.15) is 18.1 Å². The van der Waals surface area contributed by atoms with E-state index in [0.717, 1.165) is 29.6 Å². The summed E-state index contributed by atoms with van der Waals surface area (Å²) in [7, 11) is 0. The maximum Gasteiger partial charge on any atom is 0.159 e. The Morgan fingerprint density at radius 3 is 2.50 bits per heavy atom. The molecule has 0 spiro atoms. The highest BCUT2D eigenvalue weighted by Crippen LogP contribution is 2.31. The van der Waals surface area contributed by atoms with Gasteiger partial charge in [-0.1, -0.05) is 30.8 Å². The van der Waals surface area contributed by atoms with Gasteiger partial charge in [0, 0.05) is 16.3 Å². The SMILES string of the molecule is CCNCc1ccc(Sc2ccc(F)c(F)c2)c(C)c1. The standard InChI is InChI=1S/C16H17F2NS/c1-3-19-10-12-4-7-16(11(2)8-12)20-13-5-6-14(17)15(18)9-13/h4-9,19H,3,10H2,1-2H3. The largest absolute Gasteiger partial charge is 0.313 e. The fourth-order valence-corrected chi connectivity index (χ4v) is 2.78. The van der Waals surface area contributed by atoms with Gasteiger partial charge in [0.05, 0.1) is 0 Å². The van der Waals surface area contributed by atoms with E-state index in [2.05, 4.69) is 24.4 Å². The van der Waals surface area contributed by atoms with Crippen molar-refractivity contribution in [2.45, 2.75) is 30.2 Å². The van der Waals surface area contributed by atoms with Gasteiger partial charge < -0.3 is 5.32 Å². The van der Waals surface area contributed by atoms with Crippen LogP contribution in [-0.2, 0) is 6.54 Å². The minimum Gasteiger partial charge on any atom is -0.313 e. The predicted octanol–water partition coefficient (Wildman–Crippen LogP) is 4.53. The quantitative estimate of drug-likeness (QED) is 0.869. The molecule has 0 saturated heterocycles. The molecule has 0 aliphatic heterocycles. The summed E-state index contributed by atoms with van der Waals surface area (Å²) in [6.07, 6.45) is 0. The number of hydrogen-bond donors (Lipinski definition) is 1. The molecule has 0 heterocycles. The molecule has 0 unspecified atom stereocenters. The van der Waals surface area contributed by atoms with Gasteiger partial charge in [-0.2, -0.15) is 0 Å². The first-order chi connectivity index (χ1) is 9.60. The van der Waals surface area contributed by atoms with Crippen LogP contribution in [0.3, 0.4) is 0 Å². The summed E-state index contributed by atoms with van der Waals surface area (Å²) in [6, 6.07) is 10.2. The number of hydrogen-bond acceptors (Lipinski definition) is 2. The summed E-state index contributed by atoms with van der Waals surface area (Å²) in [6.45, 7) is 5.87. The summed E-state index contributed by atoms with van der Waals surface area (Å²) in [5, 5.41) is 3.28. The van der Waals surface area contributed by atoms with Crippen LogP contribution in [0.15, 0.2) is 46.2 Å². The molecule has 1 nitrogen and oxygen atoms in total. The molecule has 20 heavy (non-hydrogen) atoms. The van der Waals surface area contributed by atoms with Crippen molar-refractivity contribution in [1.82, 2.24) is 5.32 Å². The van der Waals surface area contributed by atoms with Gasteiger partial charge in [-0.05, 0) is 48.9 Å². The zero-order chi connectivity index (χ0) is 14.5. The molecule has 4 heteroatoms. The van der Waals surface area contributed by atoms with E-state index < -0.39 is 11.6 Å². The lowest BCUT2D eigenvalue weighted by atomic mass is 10.1. The minimum absolute atomic E-state index is 0.700. The van der Waals surface area contributed by atoms with Crippen molar-refractivity contribution in [3.05, 3.63) is 59.2 Å². The lowest BCUT2D eigenvalue weighted by molar-refractivity contribution is 0.506. The van der Waals surface area contributed by atoms with Crippen molar-refractivity contribution in [3.8, 4) is 0 Å². The fraction of sp³-hybridized carbons (Fsp3) is 0.250. The number of halogens is 2. The van der Waals surface area contributed by atoms with Crippen LogP contribution in [0.25, 0.3) is 0 Å². The van der Waals surface area contributed by atoms with Crippen LogP contribution in [0.5, 0.6) is 0 Å². The van der Waals surface area contributed by atoms with Gasteiger partial charge in [-0.3, -0.25) is 0 Å². The Labute approximate surface area is 122 Å². The maximum atomic E-state index is 13.2. The van der Waals surface area contributed by atoms with Gasteiger partial charge in [0.15, 0.2) is 11.6 Å². The molecule has 106 valence electrons. The van der Waals surface area contributed by atoms with Crippen molar-refractivity contribution in [1.29, 1.82) is 0 Å². The number of aryl methyl sites for hydroxylation is 1. The lowest BCUT2D eigenvalue weighted by Crippen LogP contribution is -2.11. The highest BCUT2D eigenvalue weighted by Gasteiger charge is 2.06. The minimum atomic E-state index is -0.813. The van der Waals surface area contributed by atoms with E-state index in [1.165, 1.54) is 23.4 Å². The Morgan fingerprint density at radius 1 is 1.05 bits per heavy atom. The van der Waals surface area contributed by atoms with E-state index in [4.69, 9.17) is 0 Å². The molecule has 0 aromatic heterocycles. The third-order valence-corrected chi connectivity index (χ3v) is 4.10. The Bertz CT molecular complexity index is 599. The molecule has 0 radical (unpaired) electrons. The third-order valence-electron chi connectivity index (χ3n) is 2.94. The van der Waals surface area contributed by atoms with Crippen LogP contribution < -0.4 is 5.32 Å². The Balaban J connectivity index is 2.14. The van der Waals surface area contributed by atoms with E-state index in [1.54, 1.807) is 6.07 Å². The van der Waals surface area contributed by atoms with E-state index >= 15 is 0 Å². The monoisotopic (exact) mass is 293 g/mol. The van der Waals surface area contributed by atoms with E-state index in [1.807, 2.05) is 13.0 Å². The van der Waals surface area contributed by atoms with Crippen molar-refractivity contribution in [2.24, 2.45) is 0 Å². The van der Waals surface area contributed by atoms with Gasteiger partial charge >= 0.3 is 0 Å². The highest BCUT2D eigenvalue weighted by atomic mass is 32.2. The second-order valence-corrected chi connectivity index (χ2v) is 5.67. The van der Waals surface area contributed by atoms with E-state index in [-0.39, 0.29) is 0 Å². The molecule has 0 fully saturated rings.